The Morgan fingerprint density at radius 1 is 0.216 bits per heavy atom. The zero-order valence-corrected chi connectivity index (χ0v) is 28.3. The lowest BCUT2D eigenvalue weighted by Gasteiger charge is -2.16. The summed E-state index contributed by atoms with van der Waals surface area (Å²) in [5.74, 6) is 0. The van der Waals surface area contributed by atoms with Crippen LogP contribution in [0.15, 0.2) is 170 Å². The topological polar surface area (TPSA) is 0 Å². The summed E-state index contributed by atoms with van der Waals surface area (Å²) >= 11 is 0. The van der Waals surface area contributed by atoms with Crippen LogP contribution in [0.2, 0.25) is 0 Å². The van der Waals surface area contributed by atoms with Gasteiger partial charge in [0.25, 0.3) is 0 Å². The van der Waals surface area contributed by atoms with E-state index in [4.69, 9.17) is 0 Å². The Bertz CT molecular complexity index is 2480. The molecule has 0 heteroatoms. The highest BCUT2D eigenvalue weighted by Crippen LogP contribution is 2.56. The second kappa shape index (κ2) is 11.1. The van der Waals surface area contributed by atoms with E-state index in [1.807, 2.05) is 0 Å². The molecular weight excluding hydrogens is 613 g/mol. The van der Waals surface area contributed by atoms with Gasteiger partial charge in [0.05, 0.1) is 0 Å². The standard InChI is InChI=1S/C51H34/c1-5-15-32(16-6-1)36-23-13-25-38-40(36)29-46-42(38)27-44-45-28-43-39-26-14-24-37(33-17-7-2-8-18-33)41(39)30-47(43)51(35-21-11-4-12-22-35)49(45)31-48(44)50(46)34-19-9-3-10-20-34/h1-28H,29-31H2. The maximum Gasteiger partial charge on any atom is -0.0000892 e. The van der Waals surface area contributed by atoms with Gasteiger partial charge in [-0.05, 0) is 143 Å². The molecule has 0 nitrogen and oxygen atoms in total. The van der Waals surface area contributed by atoms with E-state index in [-0.39, 0.29) is 0 Å². The van der Waals surface area contributed by atoms with E-state index in [9.17, 15) is 0 Å². The Morgan fingerprint density at radius 2 is 0.510 bits per heavy atom. The molecule has 8 aromatic rings. The molecule has 0 unspecified atom stereocenters. The van der Waals surface area contributed by atoms with Crippen molar-refractivity contribution in [1.29, 1.82) is 0 Å². The Kier molecular flexibility index (Phi) is 6.24. The summed E-state index contributed by atoms with van der Waals surface area (Å²) in [7, 11) is 0. The van der Waals surface area contributed by atoms with Crippen LogP contribution in [0.3, 0.4) is 0 Å². The number of hydrogen-bond donors (Lipinski definition) is 0. The predicted molar refractivity (Wildman–Crippen MR) is 213 cm³/mol. The van der Waals surface area contributed by atoms with Crippen LogP contribution in [-0.4, -0.2) is 0 Å². The fourth-order valence-corrected chi connectivity index (χ4v) is 9.51. The number of fused-ring (bicyclic) bond motifs is 9. The maximum absolute atomic E-state index is 2.56. The maximum atomic E-state index is 2.56. The smallest absolute Gasteiger partial charge is 0.0000892 e. The SMILES string of the molecule is c1ccc(-c2cccc3c2Cc2c-3cc3c(c2-c2ccccc2)Cc2c-3cc3c(c2-c2ccccc2)Cc2c(-c4ccccc4)cccc2-3)cc1. The van der Waals surface area contributed by atoms with Crippen molar-refractivity contribution in [1.82, 2.24) is 0 Å². The molecule has 0 spiro atoms. The molecule has 0 heterocycles. The van der Waals surface area contributed by atoms with Crippen molar-refractivity contribution in [3.63, 3.8) is 0 Å². The Morgan fingerprint density at radius 3 is 0.882 bits per heavy atom. The van der Waals surface area contributed by atoms with Gasteiger partial charge in [-0.1, -0.05) is 158 Å². The predicted octanol–water partition coefficient (Wildman–Crippen LogP) is 13.1. The number of rotatable bonds is 4. The molecule has 8 aromatic carbocycles. The molecular formula is C51H34. The molecule has 0 bridgehead atoms. The molecule has 11 rings (SSSR count). The Hall–Kier alpha value is -6.24. The number of benzene rings is 8. The van der Waals surface area contributed by atoms with Gasteiger partial charge in [0, 0.05) is 0 Å². The monoisotopic (exact) mass is 646 g/mol. The van der Waals surface area contributed by atoms with Gasteiger partial charge in [0.2, 0.25) is 0 Å². The molecule has 3 aliphatic carbocycles. The van der Waals surface area contributed by atoms with Crippen LogP contribution in [0, 0.1) is 0 Å². The first-order valence-corrected chi connectivity index (χ1v) is 18.2. The van der Waals surface area contributed by atoms with E-state index >= 15 is 0 Å². The fraction of sp³-hybridized carbons (Fsp3) is 0.0588. The van der Waals surface area contributed by atoms with Gasteiger partial charge >= 0.3 is 0 Å². The minimum Gasteiger partial charge on any atom is -0.0622 e. The molecule has 0 aromatic heterocycles. The normalized spacial score (nSPS) is 12.9. The molecule has 0 amide bonds. The third kappa shape index (κ3) is 4.27. The molecule has 51 heavy (non-hydrogen) atoms. The third-order valence-electron chi connectivity index (χ3n) is 11.7. The van der Waals surface area contributed by atoms with Crippen molar-refractivity contribution in [2.24, 2.45) is 0 Å². The summed E-state index contributed by atoms with van der Waals surface area (Å²) in [6, 6.07) is 63.1. The van der Waals surface area contributed by atoms with Gasteiger partial charge in [-0.25, -0.2) is 0 Å². The van der Waals surface area contributed by atoms with E-state index in [0.29, 0.717) is 0 Å². The highest BCUT2D eigenvalue weighted by atomic mass is 14.4. The van der Waals surface area contributed by atoms with E-state index in [1.165, 1.54) is 111 Å². The lowest BCUT2D eigenvalue weighted by atomic mass is 9.87. The first-order valence-electron chi connectivity index (χ1n) is 18.2. The van der Waals surface area contributed by atoms with E-state index in [2.05, 4.69) is 170 Å². The molecule has 0 atom stereocenters. The summed E-state index contributed by atoms with van der Waals surface area (Å²) in [6.07, 6.45) is 2.83. The number of hydrogen-bond acceptors (Lipinski definition) is 0. The highest BCUT2D eigenvalue weighted by molar-refractivity contribution is 6.02. The lowest BCUT2D eigenvalue weighted by molar-refractivity contribution is 1.20. The van der Waals surface area contributed by atoms with Gasteiger partial charge < -0.3 is 0 Å². The molecule has 0 saturated carbocycles. The highest BCUT2D eigenvalue weighted by Gasteiger charge is 2.35. The summed E-state index contributed by atoms with van der Waals surface area (Å²) in [6.45, 7) is 0. The first-order chi connectivity index (χ1) is 25.3. The molecule has 238 valence electrons. The Labute approximate surface area is 299 Å². The van der Waals surface area contributed by atoms with Crippen LogP contribution in [0.25, 0.3) is 77.9 Å². The molecule has 0 radical (unpaired) electrons. The van der Waals surface area contributed by atoms with Crippen LogP contribution in [0.4, 0.5) is 0 Å². The molecule has 0 N–H and O–H groups in total. The van der Waals surface area contributed by atoms with Crippen LogP contribution in [-0.2, 0) is 19.3 Å². The summed E-state index contributed by atoms with van der Waals surface area (Å²) in [5, 5.41) is 0. The van der Waals surface area contributed by atoms with Crippen molar-refractivity contribution in [2.45, 2.75) is 19.3 Å². The summed E-state index contributed by atoms with van der Waals surface area (Å²) in [5.41, 5.74) is 27.9. The van der Waals surface area contributed by atoms with Crippen molar-refractivity contribution < 1.29 is 0 Å². The van der Waals surface area contributed by atoms with Crippen molar-refractivity contribution in [3.8, 4) is 77.9 Å². The largest absolute Gasteiger partial charge is 0.0622 e. The molecule has 0 aliphatic heterocycles. The Balaban J connectivity index is 1.18. The van der Waals surface area contributed by atoms with Crippen LogP contribution in [0.1, 0.15) is 33.4 Å². The van der Waals surface area contributed by atoms with Gasteiger partial charge in [0.15, 0.2) is 0 Å². The lowest BCUT2D eigenvalue weighted by Crippen LogP contribution is -1.97. The van der Waals surface area contributed by atoms with Crippen LogP contribution < -0.4 is 0 Å². The van der Waals surface area contributed by atoms with Crippen LogP contribution in [0.5, 0.6) is 0 Å². The molecule has 0 fully saturated rings. The summed E-state index contributed by atoms with van der Waals surface area (Å²) < 4.78 is 0. The minimum atomic E-state index is 0.934. The van der Waals surface area contributed by atoms with Gasteiger partial charge in [0.1, 0.15) is 0 Å². The average Bonchev–Trinajstić information content (AvgIpc) is 3.88. The van der Waals surface area contributed by atoms with Crippen molar-refractivity contribution >= 4 is 0 Å². The zero-order valence-electron chi connectivity index (χ0n) is 28.3. The van der Waals surface area contributed by atoms with Gasteiger partial charge in [-0.3, -0.25) is 0 Å². The zero-order chi connectivity index (χ0) is 33.5. The van der Waals surface area contributed by atoms with E-state index in [0.717, 1.165) is 19.3 Å². The fourth-order valence-electron chi connectivity index (χ4n) is 9.51. The van der Waals surface area contributed by atoms with Crippen molar-refractivity contribution in [2.75, 3.05) is 0 Å². The second-order valence-corrected chi connectivity index (χ2v) is 14.3. The average molecular weight is 647 g/mol. The minimum absolute atomic E-state index is 0.934. The molecule has 0 saturated heterocycles. The van der Waals surface area contributed by atoms with Crippen molar-refractivity contribution in [3.05, 3.63) is 203 Å². The quantitative estimate of drug-likeness (QED) is 0.178. The van der Waals surface area contributed by atoms with E-state index < -0.39 is 0 Å². The third-order valence-corrected chi connectivity index (χ3v) is 11.7. The van der Waals surface area contributed by atoms with Crippen LogP contribution >= 0.6 is 0 Å². The van der Waals surface area contributed by atoms with E-state index in [1.54, 1.807) is 0 Å². The first kappa shape index (κ1) is 28.6. The van der Waals surface area contributed by atoms with Gasteiger partial charge in [-0.15, -0.1) is 0 Å². The van der Waals surface area contributed by atoms with Gasteiger partial charge in [-0.2, -0.15) is 0 Å². The molecule has 3 aliphatic rings. The second-order valence-electron chi connectivity index (χ2n) is 14.3. The summed E-state index contributed by atoms with van der Waals surface area (Å²) in [4.78, 5) is 0.